The summed E-state index contributed by atoms with van der Waals surface area (Å²) in [6.45, 7) is 1.96. The minimum absolute atomic E-state index is 0.0763. The van der Waals surface area contributed by atoms with Gasteiger partial charge in [0.2, 0.25) is 6.17 Å². The molecule has 0 aliphatic carbocycles. The summed E-state index contributed by atoms with van der Waals surface area (Å²) >= 11 is 0. The molecule has 1 aromatic carbocycles. The summed E-state index contributed by atoms with van der Waals surface area (Å²) in [4.78, 5) is 10.8. The second kappa shape index (κ2) is 4.74. The smallest absolute Gasteiger partial charge is 0.340 e. The Morgan fingerprint density at radius 1 is 1.43 bits per heavy atom. The number of methoxy groups -OCH3 is 1. The van der Waals surface area contributed by atoms with Crippen molar-refractivity contribution in [2.45, 2.75) is 19.5 Å². The molecule has 1 atom stereocenters. The number of rotatable bonds is 3. The summed E-state index contributed by atoms with van der Waals surface area (Å²) < 4.78 is 17.4. The first kappa shape index (κ1) is 10.7. The fraction of sp³-hybridized carbons (Fsp3) is 0.364. The molecule has 0 radical (unpaired) electrons. The lowest BCUT2D eigenvalue weighted by Crippen LogP contribution is -2.19. The number of ether oxygens (including phenoxy) is 1. The number of benzene rings is 1. The van der Waals surface area contributed by atoms with Crippen molar-refractivity contribution in [3.05, 3.63) is 35.4 Å². The second-order valence-electron chi connectivity index (χ2n) is 3.18. The van der Waals surface area contributed by atoms with Gasteiger partial charge in [-0.1, -0.05) is 29.8 Å². The molecular weight excluding hydrogens is 183 g/mol. The predicted octanol–water partition coefficient (Wildman–Crippen LogP) is 2.05. The lowest BCUT2D eigenvalue weighted by molar-refractivity contribution is -0.146. The molecule has 0 fully saturated rings. The first-order valence-electron chi connectivity index (χ1n) is 4.41. The molecule has 0 aromatic heterocycles. The minimum atomic E-state index is -1.57. The Bertz CT molecular complexity index is 306. The lowest BCUT2D eigenvalue weighted by Gasteiger charge is -2.05. The molecule has 0 heterocycles. The highest BCUT2D eigenvalue weighted by molar-refractivity contribution is 5.74. The summed E-state index contributed by atoms with van der Waals surface area (Å²) in [5, 5.41) is 0. The van der Waals surface area contributed by atoms with Gasteiger partial charge in [0.1, 0.15) is 0 Å². The highest BCUT2D eigenvalue weighted by Crippen LogP contribution is 2.08. The Kier molecular flexibility index (Phi) is 3.63. The van der Waals surface area contributed by atoms with E-state index in [0.717, 1.165) is 11.1 Å². The number of carbonyl (C=O) groups is 1. The molecule has 3 heteroatoms. The van der Waals surface area contributed by atoms with Crippen molar-refractivity contribution in [1.29, 1.82) is 0 Å². The van der Waals surface area contributed by atoms with Crippen molar-refractivity contribution in [2.75, 3.05) is 7.11 Å². The maximum absolute atomic E-state index is 13.1. The van der Waals surface area contributed by atoms with Crippen LogP contribution in [0.25, 0.3) is 0 Å². The van der Waals surface area contributed by atoms with Gasteiger partial charge < -0.3 is 4.74 Å². The Morgan fingerprint density at radius 2 is 2.00 bits per heavy atom. The highest BCUT2D eigenvalue weighted by Gasteiger charge is 2.17. The molecule has 0 saturated carbocycles. The summed E-state index contributed by atoms with van der Waals surface area (Å²) in [6.07, 6.45) is -1.49. The van der Waals surface area contributed by atoms with Crippen LogP contribution in [0, 0.1) is 6.92 Å². The van der Waals surface area contributed by atoms with Crippen LogP contribution >= 0.6 is 0 Å². The van der Waals surface area contributed by atoms with Crippen LogP contribution in [0.2, 0.25) is 0 Å². The monoisotopic (exact) mass is 196 g/mol. The first-order valence-corrected chi connectivity index (χ1v) is 4.41. The Balaban J connectivity index is 2.60. The highest BCUT2D eigenvalue weighted by atomic mass is 19.1. The molecule has 1 rings (SSSR count). The average molecular weight is 196 g/mol. The van der Waals surface area contributed by atoms with Gasteiger partial charge in [0, 0.05) is 6.42 Å². The zero-order valence-electron chi connectivity index (χ0n) is 8.29. The van der Waals surface area contributed by atoms with Crippen LogP contribution in [-0.2, 0) is 16.0 Å². The van der Waals surface area contributed by atoms with E-state index in [1.807, 2.05) is 31.2 Å². The van der Waals surface area contributed by atoms with Gasteiger partial charge >= 0.3 is 5.97 Å². The van der Waals surface area contributed by atoms with Crippen LogP contribution in [0.1, 0.15) is 11.1 Å². The third kappa shape index (κ3) is 2.83. The van der Waals surface area contributed by atoms with E-state index in [1.54, 1.807) is 0 Å². The minimum Gasteiger partial charge on any atom is -0.467 e. The van der Waals surface area contributed by atoms with Crippen LogP contribution in [0.3, 0.4) is 0 Å². The molecule has 1 aromatic rings. The summed E-state index contributed by atoms with van der Waals surface area (Å²) in [5.74, 6) is -0.814. The number of aryl methyl sites for hydroxylation is 1. The van der Waals surface area contributed by atoms with Crippen molar-refractivity contribution in [1.82, 2.24) is 0 Å². The van der Waals surface area contributed by atoms with Crippen LogP contribution in [0.4, 0.5) is 4.39 Å². The normalized spacial score (nSPS) is 12.2. The number of alkyl halides is 1. The quantitative estimate of drug-likeness (QED) is 0.691. The van der Waals surface area contributed by atoms with Gasteiger partial charge in [-0.25, -0.2) is 9.18 Å². The molecule has 0 aliphatic rings. The molecule has 0 amide bonds. The van der Waals surface area contributed by atoms with Crippen LogP contribution in [-0.4, -0.2) is 19.3 Å². The zero-order chi connectivity index (χ0) is 10.6. The number of esters is 1. The van der Waals surface area contributed by atoms with Crippen molar-refractivity contribution >= 4 is 5.97 Å². The lowest BCUT2D eigenvalue weighted by atomic mass is 10.1. The van der Waals surface area contributed by atoms with Gasteiger partial charge in [0.05, 0.1) is 7.11 Å². The molecule has 0 bridgehead atoms. The van der Waals surface area contributed by atoms with E-state index in [0.29, 0.717) is 0 Å². The van der Waals surface area contributed by atoms with Gasteiger partial charge in [-0.05, 0) is 12.5 Å². The number of hydrogen-bond donors (Lipinski definition) is 0. The molecular formula is C11H13FO2. The second-order valence-corrected chi connectivity index (χ2v) is 3.18. The average Bonchev–Trinajstić information content (AvgIpc) is 2.20. The van der Waals surface area contributed by atoms with E-state index in [2.05, 4.69) is 4.74 Å². The van der Waals surface area contributed by atoms with Crippen LogP contribution in [0.15, 0.2) is 24.3 Å². The number of halogens is 1. The van der Waals surface area contributed by atoms with E-state index in [1.165, 1.54) is 7.11 Å². The van der Waals surface area contributed by atoms with Gasteiger partial charge in [-0.15, -0.1) is 0 Å². The summed E-state index contributed by atoms with van der Waals surface area (Å²) in [6, 6.07) is 7.40. The maximum atomic E-state index is 13.1. The predicted molar refractivity (Wildman–Crippen MR) is 51.8 cm³/mol. The molecule has 0 aliphatic heterocycles. The van der Waals surface area contributed by atoms with Gasteiger partial charge in [0.15, 0.2) is 0 Å². The SMILES string of the molecule is COC(=O)C(F)Cc1ccc(C)cc1. The Morgan fingerprint density at radius 3 is 2.50 bits per heavy atom. The number of hydrogen-bond acceptors (Lipinski definition) is 2. The van der Waals surface area contributed by atoms with E-state index in [9.17, 15) is 9.18 Å². The van der Waals surface area contributed by atoms with Gasteiger partial charge in [0.25, 0.3) is 0 Å². The molecule has 1 unspecified atom stereocenters. The molecule has 2 nitrogen and oxygen atoms in total. The van der Waals surface area contributed by atoms with E-state index in [-0.39, 0.29) is 6.42 Å². The zero-order valence-corrected chi connectivity index (χ0v) is 8.29. The molecule has 76 valence electrons. The van der Waals surface area contributed by atoms with Crippen molar-refractivity contribution in [3.8, 4) is 0 Å². The summed E-state index contributed by atoms with van der Waals surface area (Å²) in [7, 11) is 1.18. The maximum Gasteiger partial charge on any atom is 0.340 e. The molecule has 0 N–H and O–H groups in total. The van der Waals surface area contributed by atoms with E-state index >= 15 is 0 Å². The standard InChI is InChI=1S/C11H13FO2/c1-8-3-5-9(6-4-8)7-10(12)11(13)14-2/h3-6,10H,7H2,1-2H3. The molecule has 14 heavy (non-hydrogen) atoms. The van der Waals surface area contributed by atoms with Gasteiger partial charge in [-0.3, -0.25) is 0 Å². The Hall–Kier alpha value is -1.38. The third-order valence-electron chi connectivity index (χ3n) is 1.99. The molecule has 0 spiro atoms. The fourth-order valence-corrected chi connectivity index (χ4v) is 1.14. The van der Waals surface area contributed by atoms with Crippen LogP contribution < -0.4 is 0 Å². The van der Waals surface area contributed by atoms with Crippen LogP contribution in [0.5, 0.6) is 0 Å². The topological polar surface area (TPSA) is 26.3 Å². The molecule has 0 saturated heterocycles. The van der Waals surface area contributed by atoms with Crippen molar-refractivity contribution in [3.63, 3.8) is 0 Å². The largest absolute Gasteiger partial charge is 0.467 e. The number of carbonyl (C=O) groups excluding carboxylic acids is 1. The van der Waals surface area contributed by atoms with Gasteiger partial charge in [-0.2, -0.15) is 0 Å². The fourth-order valence-electron chi connectivity index (χ4n) is 1.14. The Labute approximate surface area is 82.7 Å². The van der Waals surface area contributed by atoms with E-state index < -0.39 is 12.1 Å². The summed E-state index contributed by atoms with van der Waals surface area (Å²) in [5.41, 5.74) is 1.91. The third-order valence-corrected chi connectivity index (χ3v) is 1.99. The van der Waals surface area contributed by atoms with Crippen molar-refractivity contribution < 1.29 is 13.9 Å². The first-order chi connectivity index (χ1) is 6.63. The van der Waals surface area contributed by atoms with E-state index in [4.69, 9.17) is 0 Å². The van der Waals surface area contributed by atoms with Crippen molar-refractivity contribution in [2.24, 2.45) is 0 Å².